The van der Waals surface area contributed by atoms with Gasteiger partial charge in [-0.15, -0.1) is 6.42 Å². The molecule has 7 rings (SSSR count). The Morgan fingerprint density at radius 1 is 1.18 bits per heavy atom. The first-order chi connectivity index (χ1) is 21.3. The number of pyridine rings is 1. The molecule has 0 radical (unpaired) electrons. The van der Waals surface area contributed by atoms with Crippen molar-refractivity contribution in [2.75, 3.05) is 44.9 Å². The van der Waals surface area contributed by atoms with E-state index in [1.54, 1.807) is 0 Å². The zero-order chi connectivity index (χ0) is 30.6. The molecule has 4 aromatic rings. The number of rotatable bonds is 5. The van der Waals surface area contributed by atoms with Gasteiger partial charge in [0.25, 0.3) is 0 Å². The second kappa shape index (κ2) is 11.1. The zero-order valence-corrected chi connectivity index (χ0v) is 24.9. The van der Waals surface area contributed by atoms with E-state index in [1.807, 2.05) is 6.92 Å². The molecule has 0 amide bonds. The quantitative estimate of drug-likeness (QED) is 0.294. The molecule has 0 unspecified atom stereocenters. The summed E-state index contributed by atoms with van der Waals surface area (Å²) in [5, 5.41) is 11.7. The number of hydrogen-bond acceptors (Lipinski definition) is 8. The number of aromatic nitrogens is 3. The highest BCUT2D eigenvalue weighted by Gasteiger charge is 2.47. The average molecular weight is 600 g/mol. The maximum atomic E-state index is 16.7. The number of phenols is 1. The van der Waals surface area contributed by atoms with Gasteiger partial charge < -0.3 is 24.4 Å². The molecule has 1 N–H and O–H groups in total. The van der Waals surface area contributed by atoms with Gasteiger partial charge in [0.15, 0.2) is 5.82 Å². The van der Waals surface area contributed by atoms with Crippen molar-refractivity contribution < 1.29 is 23.4 Å². The molecular formula is C34H35F2N5O3. The maximum Gasteiger partial charge on any atom is 0.319 e. The molecule has 228 valence electrons. The first kappa shape index (κ1) is 28.7. The van der Waals surface area contributed by atoms with Crippen LogP contribution in [0.3, 0.4) is 0 Å². The van der Waals surface area contributed by atoms with Gasteiger partial charge in [0, 0.05) is 35.1 Å². The van der Waals surface area contributed by atoms with Gasteiger partial charge in [0.1, 0.15) is 28.6 Å². The Morgan fingerprint density at radius 3 is 2.84 bits per heavy atom. The number of fused-ring (bicyclic) bond motifs is 3. The summed E-state index contributed by atoms with van der Waals surface area (Å²) < 4.78 is 43.6. The number of phenolic OH excluding ortho intramolecular Hbond substituents is 1. The summed E-state index contributed by atoms with van der Waals surface area (Å²) in [6.45, 7) is 5.13. The Balaban J connectivity index is 1.38. The summed E-state index contributed by atoms with van der Waals surface area (Å²) >= 11 is 0. The molecule has 2 aliphatic heterocycles. The van der Waals surface area contributed by atoms with Gasteiger partial charge in [-0.1, -0.05) is 18.4 Å². The van der Waals surface area contributed by atoms with Crippen LogP contribution in [0, 0.1) is 29.4 Å². The van der Waals surface area contributed by atoms with Gasteiger partial charge in [-0.25, -0.2) is 8.78 Å². The number of likely N-dealkylation sites (tertiary alicyclic amines) is 1. The molecule has 3 atom stereocenters. The second-order valence-electron chi connectivity index (χ2n) is 12.4. The lowest BCUT2D eigenvalue weighted by atomic mass is 9.76. The minimum Gasteiger partial charge on any atom is -0.508 e. The van der Waals surface area contributed by atoms with Gasteiger partial charge >= 0.3 is 6.01 Å². The summed E-state index contributed by atoms with van der Waals surface area (Å²) in [4.78, 5) is 18.5. The average Bonchev–Trinajstić information content (AvgIpc) is 3.46. The first-order valence-corrected chi connectivity index (χ1v) is 15.3. The Labute approximate surface area is 255 Å². The van der Waals surface area contributed by atoms with E-state index in [0.29, 0.717) is 49.0 Å². The fourth-order valence-electron chi connectivity index (χ4n) is 7.67. The Kier molecular flexibility index (Phi) is 7.26. The summed E-state index contributed by atoms with van der Waals surface area (Å²) in [6, 6.07) is 6.07. The molecule has 3 aliphatic rings. The van der Waals surface area contributed by atoms with Gasteiger partial charge in [0.2, 0.25) is 0 Å². The number of nitrogens with zero attached hydrogens (tertiary/aromatic N) is 5. The molecule has 2 aromatic heterocycles. The number of ether oxygens (including phenoxy) is 2. The third-order valence-electron chi connectivity index (χ3n) is 9.80. The zero-order valence-electron chi connectivity index (χ0n) is 24.9. The van der Waals surface area contributed by atoms with E-state index in [9.17, 15) is 9.50 Å². The number of morpholine rings is 1. The van der Waals surface area contributed by atoms with Gasteiger partial charge in [-0.05, 0) is 69.8 Å². The number of terminal acetylenes is 1. The van der Waals surface area contributed by atoms with Crippen LogP contribution in [0.4, 0.5) is 14.6 Å². The predicted molar refractivity (Wildman–Crippen MR) is 165 cm³/mol. The summed E-state index contributed by atoms with van der Waals surface area (Å²) in [5.41, 5.74) is 0.0819. The molecule has 2 aromatic carbocycles. The number of anilines is 1. The number of halogens is 2. The van der Waals surface area contributed by atoms with Crippen molar-refractivity contribution in [1.82, 2.24) is 19.9 Å². The van der Waals surface area contributed by atoms with E-state index in [0.717, 1.165) is 38.6 Å². The van der Waals surface area contributed by atoms with Crippen LogP contribution in [0.15, 0.2) is 30.5 Å². The lowest BCUT2D eigenvalue weighted by molar-refractivity contribution is 0.0133. The lowest BCUT2D eigenvalue weighted by Crippen LogP contribution is -2.50. The molecular weight excluding hydrogens is 564 g/mol. The minimum absolute atomic E-state index is 0.00978. The van der Waals surface area contributed by atoms with Crippen LogP contribution >= 0.6 is 0 Å². The monoisotopic (exact) mass is 599 g/mol. The molecule has 3 fully saturated rings. The Morgan fingerprint density at radius 2 is 2.02 bits per heavy atom. The van der Waals surface area contributed by atoms with Crippen molar-refractivity contribution in [3.63, 3.8) is 0 Å². The summed E-state index contributed by atoms with van der Waals surface area (Å²) in [7, 11) is 2.18. The normalized spacial score (nSPS) is 24.0. The Hall–Kier alpha value is -4.07. The van der Waals surface area contributed by atoms with Crippen molar-refractivity contribution in [2.24, 2.45) is 5.41 Å². The molecule has 8 nitrogen and oxygen atoms in total. The van der Waals surface area contributed by atoms with Crippen molar-refractivity contribution in [3.8, 4) is 35.4 Å². The van der Waals surface area contributed by atoms with E-state index in [4.69, 9.17) is 20.9 Å². The van der Waals surface area contributed by atoms with Crippen LogP contribution in [-0.2, 0) is 4.74 Å². The molecule has 0 spiro atoms. The van der Waals surface area contributed by atoms with E-state index in [2.05, 4.69) is 32.7 Å². The van der Waals surface area contributed by atoms with Crippen LogP contribution in [0.1, 0.15) is 44.6 Å². The Bertz CT molecular complexity index is 1810. The predicted octanol–water partition coefficient (Wildman–Crippen LogP) is 5.68. The third-order valence-corrected chi connectivity index (χ3v) is 9.80. The van der Waals surface area contributed by atoms with Crippen molar-refractivity contribution in [3.05, 3.63) is 47.7 Å². The van der Waals surface area contributed by atoms with Gasteiger partial charge in [-0.2, -0.15) is 9.97 Å². The molecule has 2 saturated heterocycles. The topological polar surface area (TPSA) is 83.8 Å². The largest absolute Gasteiger partial charge is 0.508 e. The minimum atomic E-state index is -0.731. The highest BCUT2D eigenvalue weighted by atomic mass is 19.1. The van der Waals surface area contributed by atoms with Crippen LogP contribution in [0.5, 0.6) is 11.8 Å². The number of hydrogen-bond donors (Lipinski definition) is 1. The van der Waals surface area contributed by atoms with Crippen molar-refractivity contribution >= 4 is 27.5 Å². The molecule has 1 aliphatic carbocycles. The van der Waals surface area contributed by atoms with E-state index >= 15 is 4.39 Å². The smallest absolute Gasteiger partial charge is 0.319 e. The summed E-state index contributed by atoms with van der Waals surface area (Å²) in [6.07, 6.45) is 12.7. The van der Waals surface area contributed by atoms with Gasteiger partial charge in [0.05, 0.1) is 36.8 Å². The van der Waals surface area contributed by atoms with E-state index in [1.165, 1.54) is 30.5 Å². The second-order valence-corrected chi connectivity index (χ2v) is 12.4. The fourth-order valence-corrected chi connectivity index (χ4v) is 7.67. The van der Waals surface area contributed by atoms with Crippen molar-refractivity contribution in [1.29, 1.82) is 0 Å². The first-order valence-electron chi connectivity index (χ1n) is 15.3. The van der Waals surface area contributed by atoms with E-state index in [-0.39, 0.29) is 50.9 Å². The third kappa shape index (κ3) is 4.70. The highest BCUT2D eigenvalue weighted by Crippen LogP contribution is 2.47. The number of piperidine rings is 1. The number of benzene rings is 2. The van der Waals surface area contributed by atoms with Crippen molar-refractivity contribution in [2.45, 2.75) is 51.1 Å². The number of aromatic hydroxyl groups is 1. The van der Waals surface area contributed by atoms with Gasteiger partial charge in [-0.3, -0.25) is 4.98 Å². The molecule has 44 heavy (non-hydrogen) atoms. The van der Waals surface area contributed by atoms with E-state index < -0.39 is 11.6 Å². The maximum absolute atomic E-state index is 16.7. The fraction of sp³-hybridized carbons (Fsp3) is 0.441. The van der Waals surface area contributed by atoms with Crippen LogP contribution < -0.4 is 9.64 Å². The van der Waals surface area contributed by atoms with Crippen LogP contribution in [-0.4, -0.2) is 77.0 Å². The molecule has 0 bridgehead atoms. The highest BCUT2D eigenvalue weighted by molar-refractivity contribution is 6.03. The molecule has 10 heteroatoms. The van der Waals surface area contributed by atoms with Crippen LogP contribution in [0.25, 0.3) is 32.9 Å². The lowest BCUT2D eigenvalue weighted by Gasteiger charge is -2.44. The standard InChI is InChI=1S/C34H35F2N5O3/c1-4-23-26(35)9-8-21-15-22(42)16-24(28(21)23)30-29(36)31-25(17-37-30)32(41-13-14-43-18-20(41)2)39-33(38-31)44-19-34-10-5-7-27(34)40(3)12-6-11-34/h1,8-9,15-17,20,27,42H,5-7,10-14,18-19H2,2-3H3/t20-,27-,34-/m1/s1. The SMILES string of the molecule is C#Cc1c(F)ccc2cc(O)cc(-c3ncc4c(N5CCOC[C@H]5C)nc(OC[C@]56CCC[C@H]5N(C)CCC6)nc4c3F)c12. The molecule has 1 saturated carbocycles. The molecule has 4 heterocycles. The summed E-state index contributed by atoms with van der Waals surface area (Å²) in [5.74, 6) is 1.44. The van der Waals surface area contributed by atoms with Crippen LogP contribution in [0.2, 0.25) is 0 Å².